The summed E-state index contributed by atoms with van der Waals surface area (Å²) in [4.78, 5) is 12.5. The molecule has 0 atom stereocenters. The predicted octanol–water partition coefficient (Wildman–Crippen LogP) is 3.21. The highest BCUT2D eigenvalue weighted by atomic mass is 32.2. The van der Waals surface area contributed by atoms with Gasteiger partial charge in [0.05, 0.1) is 17.7 Å². The van der Waals surface area contributed by atoms with Crippen molar-refractivity contribution < 1.29 is 17.6 Å². The van der Waals surface area contributed by atoms with E-state index in [1.165, 1.54) is 30.5 Å². The lowest BCUT2D eigenvalue weighted by molar-refractivity contribution is -0.121. The van der Waals surface area contributed by atoms with Crippen LogP contribution in [0.25, 0.3) is 0 Å². The van der Waals surface area contributed by atoms with E-state index in [1.807, 2.05) is 30.3 Å². The number of hydrogen-bond acceptors (Lipinski definition) is 4. The molecular formula is C23H22FN3O3S. The highest BCUT2D eigenvalue weighted by Crippen LogP contribution is 2.16. The molecule has 0 fully saturated rings. The van der Waals surface area contributed by atoms with Crippen molar-refractivity contribution in [2.24, 2.45) is 5.10 Å². The third-order valence-corrected chi connectivity index (χ3v) is 6.35. The lowest BCUT2D eigenvalue weighted by Crippen LogP contribution is -2.40. The van der Waals surface area contributed by atoms with Gasteiger partial charge in [-0.15, -0.1) is 0 Å². The zero-order valence-electron chi connectivity index (χ0n) is 16.7. The van der Waals surface area contributed by atoms with Gasteiger partial charge in [-0.25, -0.2) is 18.2 Å². The number of carbonyl (C=O) groups is 1. The average molecular weight is 440 g/mol. The average Bonchev–Trinajstić information content (AvgIpc) is 2.79. The first-order valence-corrected chi connectivity index (χ1v) is 11.1. The zero-order chi connectivity index (χ0) is 22.1. The summed E-state index contributed by atoms with van der Waals surface area (Å²) in [6.07, 6.45) is 1.62. The molecule has 8 heteroatoms. The second-order valence-corrected chi connectivity index (χ2v) is 8.64. The molecule has 3 rings (SSSR count). The van der Waals surface area contributed by atoms with Crippen molar-refractivity contribution in [3.63, 3.8) is 0 Å². The van der Waals surface area contributed by atoms with Crippen LogP contribution in [-0.4, -0.2) is 37.9 Å². The Labute approximate surface area is 181 Å². The predicted molar refractivity (Wildman–Crippen MR) is 117 cm³/mol. The number of carbonyl (C=O) groups excluding carboxylic acids is 1. The quantitative estimate of drug-likeness (QED) is 0.411. The smallest absolute Gasteiger partial charge is 0.255 e. The molecule has 0 radical (unpaired) electrons. The number of benzene rings is 3. The van der Waals surface area contributed by atoms with Crippen molar-refractivity contribution in [2.45, 2.75) is 11.3 Å². The minimum atomic E-state index is -3.89. The number of hydrogen-bond donors (Lipinski definition) is 1. The molecule has 3 aromatic carbocycles. The van der Waals surface area contributed by atoms with Crippen molar-refractivity contribution in [3.05, 3.63) is 102 Å². The van der Waals surface area contributed by atoms with E-state index in [2.05, 4.69) is 10.5 Å². The van der Waals surface area contributed by atoms with Crippen LogP contribution in [0.2, 0.25) is 0 Å². The van der Waals surface area contributed by atoms with Crippen molar-refractivity contribution in [3.8, 4) is 0 Å². The monoisotopic (exact) mass is 439 g/mol. The molecule has 0 aliphatic heterocycles. The molecule has 0 unspecified atom stereocenters. The maximum Gasteiger partial charge on any atom is 0.255 e. The normalized spacial score (nSPS) is 11.7. The largest absolute Gasteiger partial charge is 0.272 e. The van der Waals surface area contributed by atoms with E-state index in [4.69, 9.17) is 0 Å². The Morgan fingerprint density at radius 2 is 1.55 bits per heavy atom. The number of nitrogens with one attached hydrogen (secondary N) is 1. The second kappa shape index (κ2) is 10.6. The number of rotatable bonds is 9. The van der Waals surface area contributed by atoms with Crippen LogP contribution in [0.1, 0.15) is 11.1 Å². The van der Waals surface area contributed by atoms with Gasteiger partial charge in [0.1, 0.15) is 5.82 Å². The van der Waals surface area contributed by atoms with Gasteiger partial charge in [-0.1, -0.05) is 66.7 Å². The number of amides is 1. The second-order valence-electron chi connectivity index (χ2n) is 6.70. The Hall–Kier alpha value is -3.36. The van der Waals surface area contributed by atoms with E-state index < -0.39 is 28.3 Å². The molecule has 0 aliphatic rings. The van der Waals surface area contributed by atoms with Crippen LogP contribution in [0, 0.1) is 5.82 Å². The molecule has 6 nitrogen and oxygen atoms in total. The lowest BCUT2D eigenvalue weighted by atomic mass is 10.1. The van der Waals surface area contributed by atoms with Crippen LogP contribution < -0.4 is 5.43 Å². The zero-order valence-corrected chi connectivity index (χ0v) is 17.5. The van der Waals surface area contributed by atoms with Gasteiger partial charge >= 0.3 is 0 Å². The Balaban J connectivity index is 1.72. The Morgan fingerprint density at radius 1 is 0.935 bits per heavy atom. The highest BCUT2D eigenvalue weighted by molar-refractivity contribution is 7.89. The fraction of sp³-hybridized carbons (Fsp3) is 0.130. The number of sulfonamides is 1. The molecule has 1 N–H and O–H groups in total. The van der Waals surface area contributed by atoms with Crippen molar-refractivity contribution in [1.29, 1.82) is 0 Å². The van der Waals surface area contributed by atoms with Gasteiger partial charge in [0.15, 0.2) is 0 Å². The molecule has 160 valence electrons. The minimum absolute atomic E-state index is 0.103. The van der Waals surface area contributed by atoms with E-state index in [1.54, 1.807) is 30.3 Å². The van der Waals surface area contributed by atoms with Gasteiger partial charge in [-0.3, -0.25) is 4.79 Å². The summed E-state index contributed by atoms with van der Waals surface area (Å²) in [6.45, 7) is -0.301. The van der Waals surface area contributed by atoms with Crippen LogP contribution in [-0.2, 0) is 21.2 Å². The number of halogens is 1. The van der Waals surface area contributed by atoms with E-state index in [0.29, 0.717) is 6.42 Å². The molecule has 0 saturated heterocycles. The summed E-state index contributed by atoms with van der Waals surface area (Å²) in [5, 5.41) is 3.74. The summed E-state index contributed by atoms with van der Waals surface area (Å²) in [5.41, 5.74) is 3.43. The van der Waals surface area contributed by atoms with E-state index in [9.17, 15) is 17.6 Å². The molecule has 0 saturated carbocycles. The van der Waals surface area contributed by atoms with Gasteiger partial charge in [-0.2, -0.15) is 9.41 Å². The minimum Gasteiger partial charge on any atom is -0.272 e. The molecule has 31 heavy (non-hydrogen) atoms. The van der Waals surface area contributed by atoms with Crippen LogP contribution in [0.3, 0.4) is 0 Å². The Kier molecular flexibility index (Phi) is 7.64. The Morgan fingerprint density at radius 3 is 2.23 bits per heavy atom. The molecule has 3 aromatic rings. The van der Waals surface area contributed by atoms with Crippen molar-refractivity contribution in [1.82, 2.24) is 9.73 Å². The molecule has 0 aromatic heterocycles. The standard InChI is InChI=1S/C23H22FN3O3S/c24-22-14-8-7-11-20(22)17-25-26-23(28)18-27(16-15-19-9-3-1-4-10-19)31(29,30)21-12-5-2-6-13-21/h1-14,17H,15-16,18H2,(H,26,28)/b25-17-. The fourth-order valence-corrected chi connectivity index (χ4v) is 4.29. The fourth-order valence-electron chi connectivity index (χ4n) is 2.87. The first kappa shape index (κ1) is 22.3. The molecule has 0 heterocycles. The van der Waals surface area contributed by atoms with Gasteiger partial charge < -0.3 is 0 Å². The third-order valence-electron chi connectivity index (χ3n) is 4.49. The topological polar surface area (TPSA) is 78.8 Å². The van der Waals surface area contributed by atoms with E-state index >= 15 is 0 Å². The number of nitrogens with zero attached hydrogens (tertiary/aromatic N) is 2. The van der Waals surface area contributed by atoms with E-state index in [-0.39, 0.29) is 17.0 Å². The van der Waals surface area contributed by atoms with Crippen molar-refractivity contribution in [2.75, 3.05) is 13.1 Å². The maximum absolute atomic E-state index is 13.6. The molecule has 1 amide bonds. The lowest BCUT2D eigenvalue weighted by Gasteiger charge is -2.21. The van der Waals surface area contributed by atoms with Gasteiger partial charge in [0.25, 0.3) is 5.91 Å². The summed E-state index contributed by atoms with van der Waals surface area (Å²) in [5.74, 6) is -1.10. The SMILES string of the molecule is O=C(CN(CCc1ccccc1)S(=O)(=O)c1ccccc1)N/N=C\c1ccccc1F. The number of hydrazone groups is 1. The summed E-state index contributed by atoms with van der Waals surface area (Å²) in [7, 11) is -3.89. The molecule has 0 bridgehead atoms. The van der Waals surface area contributed by atoms with Gasteiger partial charge in [0.2, 0.25) is 10.0 Å². The van der Waals surface area contributed by atoms with Crippen molar-refractivity contribution >= 4 is 22.1 Å². The van der Waals surface area contributed by atoms with Gasteiger partial charge in [0, 0.05) is 12.1 Å². The highest BCUT2D eigenvalue weighted by Gasteiger charge is 2.26. The Bertz CT molecular complexity index is 1140. The van der Waals surface area contributed by atoms with Crippen LogP contribution in [0.15, 0.2) is 94.9 Å². The summed E-state index contributed by atoms with van der Waals surface area (Å²) < 4.78 is 40.9. The summed E-state index contributed by atoms with van der Waals surface area (Å²) >= 11 is 0. The summed E-state index contributed by atoms with van der Waals surface area (Å²) in [6, 6.07) is 23.3. The van der Waals surface area contributed by atoms with E-state index in [0.717, 1.165) is 9.87 Å². The molecule has 0 aliphatic carbocycles. The van der Waals surface area contributed by atoms with Crippen LogP contribution in [0.4, 0.5) is 4.39 Å². The molecule has 0 spiro atoms. The van der Waals surface area contributed by atoms with Gasteiger partial charge in [-0.05, 0) is 30.2 Å². The third kappa shape index (κ3) is 6.31. The first-order chi connectivity index (χ1) is 15.0. The van der Waals surface area contributed by atoms with Crippen LogP contribution in [0.5, 0.6) is 0 Å². The maximum atomic E-state index is 13.6. The first-order valence-electron chi connectivity index (χ1n) is 9.62. The molecular weight excluding hydrogens is 417 g/mol. The van der Waals surface area contributed by atoms with Crippen LogP contribution >= 0.6 is 0 Å².